The lowest BCUT2D eigenvalue weighted by Gasteiger charge is -2.16. The molecule has 0 amide bonds. The van der Waals surface area contributed by atoms with Crippen molar-refractivity contribution in [2.45, 2.75) is 19.0 Å². The molecule has 1 aromatic carbocycles. The Morgan fingerprint density at radius 3 is 2.94 bits per heavy atom. The molecule has 16 heavy (non-hydrogen) atoms. The topological polar surface area (TPSA) is 29.3 Å². The van der Waals surface area contributed by atoms with Crippen LogP contribution < -0.4 is 5.73 Å². The standard InChI is InChI=1S/C11H13BrFIN2/c12-9-4-10(13)7(3-11(9)14)5-16-2-1-8(15)6-16/h3-4,8H,1-2,5-6,15H2/t8-/m0/s1. The Morgan fingerprint density at radius 2 is 2.31 bits per heavy atom. The van der Waals surface area contributed by atoms with E-state index in [1.54, 1.807) is 0 Å². The summed E-state index contributed by atoms with van der Waals surface area (Å²) < 4.78 is 15.5. The lowest BCUT2D eigenvalue weighted by molar-refractivity contribution is 0.321. The van der Waals surface area contributed by atoms with E-state index in [-0.39, 0.29) is 11.9 Å². The van der Waals surface area contributed by atoms with E-state index >= 15 is 0 Å². The van der Waals surface area contributed by atoms with Gasteiger partial charge in [-0.05, 0) is 57.1 Å². The van der Waals surface area contributed by atoms with Gasteiger partial charge in [-0.2, -0.15) is 0 Å². The van der Waals surface area contributed by atoms with E-state index in [2.05, 4.69) is 43.4 Å². The molecule has 88 valence electrons. The van der Waals surface area contributed by atoms with Gasteiger partial charge in [-0.25, -0.2) is 4.39 Å². The van der Waals surface area contributed by atoms with Crippen molar-refractivity contribution in [2.75, 3.05) is 13.1 Å². The second kappa shape index (κ2) is 5.29. The van der Waals surface area contributed by atoms with Gasteiger partial charge >= 0.3 is 0 Å². The first-order valence-electron chi connectivity index (χ1n) is 5.17. The van der Waals surface area contributed by atoms with Crippen LogP contribution in [0.5, 0.6) is 0 Å². The van der Waals surface area contributed by atoms with Crippen molar-refractivity contribution in [2.24, 2.45) is 5.73 Å². The molecule has 0 radical (unpaired) electrons. The fraction of sp³-hybridized carbons (Fsp3) is 0.455. The van der Waals surface area contributed by atoms with Crippen LogP contribution in [0.4, 0.5) is 4.39 Å². The summed E-state index contributed by atoms with van der Waals surface area (Å²) >= 11 is 5.52. The van der Waals surface area contributed by atoms with E-state index in [0.717, 1.165) is 33.1 Å². The summed E-state index contributed by atoms with van der Waals surface area (Å²) in [5.74, 6) is -0.146. The molecule has 1 saturated heterocycles. The number of hydrogen-bond acceptors (Lipinski definition) is 2. The van der Waals surface area contributed by atoms with Crippen LogP contribution in [0.1, 0.15) is 12.0 Å². The maximum atomic E-state index is 13.7. The summed E-state index contributed by atoms with van der Waals surface area (Å²) in [6.07, 6.45) is 1.01. The molecule has 1 aromatic rings. The molecule has 0 unspecified atom stereocenters. The van der Waals surface area contributed by atoms with Crippen molar-refractivity contribution in [3.05, 3.63) is 31.6 Å². The highest BCUT2D eigenvalue weighted by molar-refractivity contribution is 14.1. The Kier molecular flexibility index (Phi) is 4.21. The van der Waals surface area contributed by atoms with E-state index in [4.69, 9.17) is 5.73 Å². The van der Waals surface area contributed by atoms with E-state index < -0.39 is 0 Å². The van der Waals surface area contributed by atoms with E-state index in [1.165, 1.54) is 6.07 Å². The normalized spacial score (nSPS) is 21.6. The third-order valence-electron chi connectivity index (χ3n) is 2.79. The Balaban J connectivity index is 2.12. The summed E-state index contributed by atoms with van der Waals surface area (Å²) in [5.41, 5.74) is 6.58. The first-order valence-corrected chi connectivity index (χ1v) is 7.05. The third-order valence-corrected chi connectivity index (χ3v) is 5.08. The predicted octanol–water partition coefficient (Wildman–Crippen LogP) is 2.73. The number of nitrogens with zero attached hydrogens (tertiary/aromatic N) is 1. The molecule has 0 bridgehead atoms. The maximum Gasteiger partial charge on any atom is 0.128 e. The second-order valence-corrected chi connectivity index (χ2v) is 6.16. The molecule has 0 aromatic heterocycles. The first kappa shape index (κ1) is 12.7. The molecule has 1 aliphatic rings. The number of rotatable bonds is 2. The molecule has 2 rings (SSSR count). The fourth-order valence-corrected chi connectivity index (χ4v) is 2.78. The Bertz CT molecular complexity index is 400. The lowest BCUT2D eigenvalue weighted by atomic mass is 10.2. The number of benzene rings is 1. The van der Waals surface area contributed by atoms with Crippen LogP contribution in [0, 0.1) is 9.39 Å². The number of halogens is 3. The van der Waals surface area contributed by atoms with Gasteiger partial charge in [-0.3, -0.25) is 4.90 Å². The number of likely N-dealkylation sites (tertiary alicyclic amines) is 1. The largest absolute Gasteiger partial charge is 0.326 e. The van der Waals surface area contributed by atoms with Crippen LogP contribution in [0.15, 0.2) is 16.6 Å². The molecule has 1 atom stereocenters. The minimum absolute atomic E-state index is 0.146. The summed E-state index contributed by atoms with van der Waals surface area (Å²) in [6.45, 7) is 2.49. The predicted molar refractivity (Wildman–Crippen MR) is 74.7 cm³/mol. The van der Waals surface area contributed by atoms with Crippen molar-refractivity contribution < 1.29 is 4.39 Å². The van der Waals surface area contributed by atoms with Gasteiger partial charge in [-0.15, -0.1) is 0 Å². The van der Waals surface area contributed by atoms with Crippen LogP contribution >= 0.6 is 38.5 Å². The van der Waals surface area contributed by atoms with Crippen molar-refractivity contribution in [3.63, 3.8) is 0 Å². The van der Waals surface area contributed by atoms with E-state index in [9.17, 15) is 4.39 Å². The summed E-state index contributed by atoms with van der Waals surface area (Å²) in [6, 6.07) is 3.68. The Morgan fingerprint density at radius 1 is 1.56 bits per heavy atom. The highest BCUT2D eigenvalue weighted by atomic mass is 127. The first-order chi connectivity index (χ1) is 7.56. The Hall–Kier alpha value is 0.280. The van der Waals surface area contributed by atoms with Gasteiger partial charge in [0.05, 0.1) is 0 Å². The SMILES string of the molecule is N[C@H]1CCN(Cc2cc(I)c(Br)cc2F)C1. The molecular formula is C11H13BrFIN2. The smallest absolute Gasteiger partial charge is 0.128 e. The van der Waals surface area contributed by atoms with Crippen LogP contribution in [0.3, 0.4) is 0 Å². The zero-order chi connectivity index (χ0) is 11.7. The maximum absolute atomic E-state index is 13.7. The average molecular weight is 399 g/mol. The number of hydrogen-bond donors (Lipinski definition) is 1. The van der Waals surface area contributed by atoms with Crippen LogP contribution in [-0.4, -0.2) is 24.0 Å². The second-order valence-electron chi connectivity index (χ2n) is 4.14. The average Bonchev–Trinajstić information content (AvgIpc) is 2.60. The fourth-order valence-electron chi connectivity index (χ4n) is 1.93. The molecule has 0 spiro atoms. The molecule has 1 aliphatic heterocycles. The zero-order valence-corrected chi connectivity index (χ0v) is 12.5. The quantitative estimate of drug-likeness (QED) is 0.613. The summed E-state index contributed by atoms with van der Waals surface area (Å²) in [4.78, 5) is 2.20. The van der Waals surface area contributed by atoms with Gasteiger partial charge < -0.3 is 5.73 Å². The molecule has 1 heterocycles. The van der Waals surface area contributed by atoms with Crippen LogP contribution in [0.2, 0.25) is 0 Å². The summed E-state index contributed by atoms with van der Waals surface area (Å²) in [7, 11) is 0. The minimum Gasteiger partial charge on any atom is -0.326 e. The van der Waals surface area contributed by atoms with E-state index in [0.29, 0.717) is 6.54 Å². The third kappa shape index (κ3) is 2.94. The Labute approximate surface area is 117 Å². The minimum atomic E-state index is -0.146. The van der Waals surface area contributed by atoms with Crippen LogP contribution in [0.25, 0.3) is 0 Å². The molecular weight excluding hydrogens is 386 g/mol. The van der Waals surface area contributed by atoms with Gasteiger partial charge in [-0.1, -0.05) is 0 Å². The summed E-state index contributed by atoms with van der Waals surface area (Å²) in [5, 5.41) is 0. The lowest BCUT2D eigenvalue weighted by Crippen LogP contribution is -2.26. The molecule has 2 N–H and O–H groups in total. The van der Waals surface area contributed by atoms with Crippen molar-refractivity contribution >= 4 is 38.5 Å². The van der Waals surface area contributed by atoms with Gasteiger partial charge in [0.2, 0.25) is 0 Å². The molecule has 2 nitrogen and oxygen atoms in total. The van der Waals surface area contributed by atoms with E-state index in [1.807, 2.05) is 6.07 Å². The zero-order valence-electron chi connectivity index (χ0n) is 8.72. The van der Waals surface area contributed by atoms with Gasteiger partial charge in [0.15, 0.2) is 0 Å². The molecule has 0 saturated carbocycles. The van der Waals surface area contributed by atoms with Gasteiger partial charge in [0, 0.05) is 39.3 Å². The van der Waals surface area contributed by atoms with Crippen molar-refractivity contribution in [1.82, 2.24) is 4.90 Å². The van der Waals surface area contributed by atoms with Crippen molar-refractivity contribution in [1.29, 1.82) is 0 Å². The van der Waals surface area contributed by atoms with Gasteiger partial charge in [0.1, 0.15) is 5.82 Å². The van der Waals surface area contributed by atoms with Crippen molar-refractivity contribution in [3.8, 4) is 0 Å². The highest BCUT2D eigenvalue weighted by Crippen LogP contribution is 2.24. The monoisotopic (exact) mass is 398 g/mol. The van der Waals surface area contributed by atoms with Crippen LogP contribution in [-0.2, 0) is 6.54 Å². The molecule has 1 fully saturated rings. The highest BCUT2D eigenvalue weighted by Gasteiger charge is 2.20. The molecule has 5 heteroatoms. The van der Waals surface area contributed by atoms with Gasteiger partial charge in [0.25, 0.3) is 0 Å². The number of nitrogens with two attached hydrogens (primary N) is 1. The molecule has 0 aliphatic carbocycles.